The molecule has 2 atom stereocenters. The van der Waals surface area contributed by atoms with Gasteiger partial charge in [0.1, 0.15) is 5.75 Å². The number of hydrogen-bond acceptors (Lipinski definition) is 4. The van der Waals surface area contributed by atoms with Crippen molar-refractivity contribution in [3.8, 4) is 5.75 Å². The number of unbranched alkanes of at least 4 members (excludes halogenated alkanes) is 15. The first-order valence-corrected chi connectivity index (χ1v) is 15.1. The maximum Gasteiger partial charge on any atom is 0.238 e. The molecule has 0 bridgehead atoms. The summed E-state index contributed by atoms with van der Waals surface area (Å²) in [5, 5.41) is 6.77. The van der Waals surface area contributed by atoms with Crippen LogP contribution in [0.3, 0.4) is 0 Å². The summed E-state index contributed by atoms with van der Waals surface area (Å²) in [4.78, 5) is 12.5. The number of halogens is 1. The molecule has 1 saturated heterocycles. The van der Waals surface area contributed by atoms with Crippen molar-refractivity contribution in [2.45, 2.75) is 121 Å². The fourth-order valence-corrected chi connectivity index (χ4v) is 5.84. The number of nitrogens with one attached hydrogen (secondary N) is 2. The van der Waals surface area contributed by atoms with E-state index in [0.717, 1.165) is 24.5 Å². The first-order valence-electron chi connectivity index (χ1n) is 14.0. The van der Waals surface area contributed by atoms with E-state index in [1.807, 2.05) is 12.1 Å². The molecule has 0 radical (unpaired) electrons. The van der Waals surface area contributed by atoms with Crippen LogP contribution in [0.2, 0.25) is 0 Å². The van der Waals surface area contributed by atoms with Crippen LogP contribution in [-0.2, 0) is 4.79 Å². The van der Waals surface area contributed by atoms with Gasteiger partial charge in [-0.2, -0.15) is 0 Å². The highest BCUT2D eigenvalue weighted by molar-refractivity contribution is 7.99. The minimum absolute atomic E-state index is 0. The van der Waals surface area contributed by atoms with Gasteiger partial charge in [-0.15, -0.1) is 24.2 Å². The summed E-state index contributed by atoms with van der Waals surface area (Å²) < 4.78 is 5.22. The number of hydrogen-bond donors (Lipinski definition) is 2. The van der Waals surface area contributed by atoms with Gasteiger partial charge in [0, 0.05) is 12.3 Å². The smallest absolute Gasteiger partial charge is 0.238 e. The number of benzene rings is 1. The van der Waals surface area contributed by atoms with Gasteiger partial charge in [0.15, 0.2) is 0 Å². The average Bonchev–Trinajstić information content (AvgIpc) is 3.36. The lowest BCUT2D eigenvalue weighted by Crippen LogP contribution is -2.42. The molecule has 2 rings (SSSR count). The van der Waals surface area contributed by atoms with Gasteiger partial charge in [-0.05, 0) is 24.1 Å². The van der Waals surface area contributed by atoms with E-state index >= 15 is 0 Å². The van der Waals surface area contributed by atoms with Crippen LogP contribution >= 0.6 is 24.2 Å². The number of methoxy groups -OCH3 is 1. The Morgan fingerprint density at radius 1 is 0.857 bits per heavy atom. The van der Waals surface area contributed by atoms with Gasteiger partial charge in [-0.1, -0.05) is 115 Å². The summed E-state index contributed by atoms with van der Waals surface area (Å²) in [5.41, 5.74) is 1.19. The maximum atomic E-state index is 12.5. The molecule has 1 aliphatic heterocycles. The molecule has 1 fully saturated rings. The van der Waals surface area contributed by atoms with Gasteiger partial charge < -0.3 is 10.1 Å². The fraction of sp³-hybridized carbons (Fsp3) is 0.759. The molecule has 202 valence electrons. The van der Waals surface area contributed by atoms with Crippen LogP contribution in [0.4, 0.5) is 0 Å². The largest absolute Gasteiger partial charge is 0.497 e. The Hall–Kier alpha value is -0.910. The predicted octanol–water partition coefficient (Wildman–Crippen LogP) is 8.20. The molecule has 1 aliphatic rings. The van der Waals surface area contributed by atoms with Gasteiger partial charge in [-0.3, -0.25) is 10.1 Å². The second kappa shape index (κ2) is 21.2. The number of amides is 1. The van der Waals surface area contributed by atoms with E-state index in [1.165, 1.54) is 102 Å². The molecule has 1 amide bonds. The van der Waals surface area contributed by atoms with Gasteiger partial charge >= 0.3 is 0 Å². The standard InChI is InChI=1S/C29H50N2O2S.ClH/c1-3-4-5-6-7-8-9-10-11-12-13-14-15-16-17-18-23-30-28(32)27-24-34-29(31-27)25-19-21-26(33-2)22-20-25;/h19-22,27,29,31H,3-18,23-24H2,1-2H3,(H,30,32);1H/t27-,29?;/m0./s1. The SMILES string of the molecule is CCCCCCCCCCCCCCCCCCNC(=O)[C@@H]1CSC(c2ccc(OC)cc2)N1.Cl. The molecule has 0 aromatic heterocycles. The lowest BCUT2D eigenvalue weighted by atomic mass is 10.0. The molecule has 1 aromatic carbocycles. The zero-order valence-corrected chi connectivity index (χ0v) is 24.0. The van der Waals surface area contributed by atoms with Crippen LogP contribution in [0.15, 0.2) is 24.3 Å². The van der Waals surface area contributed by atoms with E-state index in [2.05, 4.69) is 29.7 Å². The second-order valence-electron chi connectivity index (χ2n) is 9.80. The Kier molecular flexibility index (Phi) is 19.5. The summed E-state index contributed by atoms with van der Waals surface area (Å²) in [6.07, 6.45) is 22.0. The molecular formula is C29H51ClN2O2S. The Morgan fingerprint density at radius 2 is 1.34 bits per heavy atom. The monoisotopic (exact) mass is 526 g/mol. The maximum absolute atomic E-state index is 12.5. The molecule has 2 N–H and O–H groups in total. The van der Waals surface area contributed by atoms with Gasteiger partial charge in [-0.25, -0.2) is 0 Å². The number of ether oxygens (including phenoxy) is 1. The van der Waals surface area contributed by atoms with E-state index < -0.39 is 0 Å². The van der Waals surface area contributed by atoms with Crippen molar-refractivity contribution in [3.63, 3.8) is 0 Å². The van der Waals surface area contributed by atoms with Crippen molar-refractivity contribution in [2.24, 2.45) is 0 Å². The normalized spacial score (nSPS) is 17.2. The van der Waals surface area contributed by atoms with E-state index in [1.54, 1.807) is 18.9 Å². The summed E-state index contributed by atoms with van der Waals surface area (Å²) in [5.74, 6) is 1.82. The number of rotatable bonds is 20. The first-order chi connectivity index (χ1) is 16.7. The van der Waals surface area contributed by atoms with Crippen LogP contribution in [0, 0.1) is 0 Å². The Morgan fingerprint density at radius 3 is 1.83 bits per heavy atom. The van der Waals surface area contributed by atoms with Crippen molar-refractivity contribution in [3.05, 3.63) is 29.8 Å². The third-order valence-electron chi connectivity index (χ3n) is 6.85. The molecular weight excluding hydrogens is 476 g/mol. The van der Waals surface area contributed by atoms with Gasteiger partial charge in [0.25, 0.3) is 0 Å². The Labute approximate surface area is 225 Å². The van der Waals surface area contributed by atoms with E-state index in [-0.39, 0.29) is 29.7 Å². The quantitative estimate of drug-likeness (QED) is 0.168. The molecule has 35 heavy (non-hydrogen) atoms. The Bertz CT molecular complexity index is 644. The number of carbonyl (C=O) groups is 1. The topological polar surface area (TPSA) is 50.4 Å². The Balaban J connectivity index is 0.00000612. The lowest BCUT2D eigenvalue weighted by molar-refractivity contribution is -0.122. The lowest BCUT2D eigenvalue weighted by Gasteiger charge is -2.14. The van der Waals surface area contributed by atoms with Gasteiger partial charge in [0.2, 0.25) is 5.91 Å². The van der Waals surface area contributed by atoms with Crippen molar-refractivity contribution in [1.82, 2.24) is 10.6 Å². The summed E-state index contributed by atoms with van der Waals surface area (Å²) in [6, 6.07) is 7.99. The molecule has 4 nitrogen and oxygen atoms in total. The first kappa shape index (κ1) is 32.1. The van der Waals surface area contributed by atoms with Crippen LogP contribution in [-0.4, -0.2) is 31.4 Å². The average molecular weight is 527 g/mol. The molecule has 1 heterocycles. The molecule has 1 unspecified atom stereocenters. The third kappa shape index (κ3) is 14.4. The molecule has 0 aliphatic carbocycles. The van der Waals surface area contributed by atoms with E-state index in [9.17, 15) is 4.79 Å². The fourth-order valence-electron chi connectivity index (χ4n) is 4.60. The highest BCUT2D eigenvalue weighted by Gasteiger charge is 2.30. The highest BCUT2D eigenvalue weighted by Crippen LogP contribution is 2.33. The summed E-state index contributed by atoms with van der Waals surface area (Å²) in [6.45, 7) is 3.08. The minimum Gasteiger partial charge on any atom is -0.497 e. The minimum atomic E-state index is -0.0989. The van der Waals surface area contributed by atoms with E-state index in [4.69, 9.17) is 4.74 Å². The van der Waals surface area contributed by atoms with Crippen molar-refractivity contribution in [2.75, 3.05) is 19.4 Å². The van der Waals surface area contributed by atoms with Crippen LogP contribution in [0.5, 0.6) is 5.75 Å². The highest BCUT2D eigenvalue weighted by atomic mass is 35.5. The molecule has 0 spiro atoms. The molecule has 0 saturated carbocycles. The van der Waals surface area contributed by atoms with Crippen LogP contribution in [0.1, 0.15) is 121 Å². The number of carbonyl (C=O) groups excluding carboxylic acids is 1. The van der Waals surface area contributed by atoms with E-state index in [0.29, 0.717) is 0 Å². The van der Waals surface area contributed by atoms with Crippen LogP contribution in [0.25, 0.3) is 0 Å². The van der Waals surface area contributed by atoms with Crippen molar-refractivity contribution >= 4 is 30.1 Å². The molecule has 1 aromatic rings. The summed E-state index contributed by atoms with van der Waals surface area (Å²) >= 11 is 1.80. The predicted molar refractivity (Wildman–Crippen MR) is 155 cm³/mol. The zero-order chi connectivity index (χ0) is 24.3. The summed E-state index contributed by atoms with van der Waals surface area (Å²) in [7, 11) is 1.68. The second-order valence-corrected chi connectivity index (χ2v) is 10.9. The molecule has 6 heteroatoms. The third-order valence-corrected chi connectivity index (χ3v) is 8.11. The van der Waals surface area contributed by atoms with Crippen LogP contribution < -0.4 is 15.4 Å². The van der Waals surface area contributed by atoms with Gasteiger partial charge in [0.05, 0.1) is 18.5 Å². The van der Waals surface area contributed by atoms with Crippen molar-refractivity contribution in [1.29, 1.82) is 0 Å². The number of thioether (sulfide) groups is 1. The zero-order valence-electron chi connectivity index (χ0n) is 22.3. The van der Waals surface area contributed by atoms with Crippen molar-refractivity contribution < 1.29 is 9.53 Å².